The summed E-state index contributed by atoms with van der Waals surface area (Å²) in [7, 11) is 0. The molecule has 0 fully saturated rings. The van der Waals surface area contributed by atoms with E-state index in [1.807, 2.05) is 6.92 Å². The molecule has 8 heteroatoms. The van der Waals surface area contributed by atoms with Crippen LogP contribution in [0, 0.1) is 0 Å². The van der Waals surface area contributed by atoms with E-state index in [1.165, 1.54) is 6.20 Å². The number of carbonyl (C=O) groups excluding carboxylic acids is 1. The molecule has 1 aliphatic heterocycles. The first-order valence-electron chi connectivity index (χ1n) is 7.07. The third-order valence-corrected chi connectivity index (χ3v) is 3.39. The zero-order valence-electron chi connectivity index (χ0n) is 12.1. The van der Waals surface area contributed by atoms with E-state index < -0.39 is 0 Å². The molecule has 0 saturated carbocycles. The molecule has 1 atom stereocenters. The summed E-state index contributed by atoms with van der Waals surface area (Å²) in [6.45, 7) is 2.46. The average molecular weight is 300 g/mol. The Balaban J connectivity index is 1.54. The summed E-state index contributed by atoms with van der Waals surface area (Å²) in [4.78, 5) is 21.5. The van der Waals surface area contributed by atoms with Crippen molar-refractivity contribution in [2.24, 2.45) is 5.16 Å². The van der Waals surface area contributed by atoms with E-state index in [0.717, 1.165) is 18.6 Å². The monoisotopic (exact) mass is 300 g/mol. The van der Waals surface area contributed by atoms with Crippen molar-refractivity contribution in [2.45, 2.75) is 25.9 Å². The Hall–Kier alpha value is -2.77. The molecule has 1 N–H and O–H groups in total. The number of nitrogens with one attached hydrogen (secondary N) is 1. The van der Waals surface area contributed by atoms with Crippen molar-refractivity contribution < 1.29 is 9.63 Å². The molecule has 0 aromatic carbocycles. The second-order valence-corrected chi connectivity index (χ2v) is 4.93. The fourth-order valence-electron chi connectivity index (χ4n) is 2.11. The number of rotatable bonds is 5. The van der Waals surface area contributed by atoms with Gasteiger partial charge in [-0.3, -0.25) is 9.36 Å². The molecule has 1 aliphatic rings. The molecule has 3 heterocycles. The van der Waals surface area contributed by atoms with E-state index in [-0.39, 0.29) is 12.0 Å². The van der Waals surface area contributed by atoms with Crippen LogP contribution in [-0.2, 0) is 4.84 Å². The summed E-state index contributed by atoms with van der Waals surface area (Å²) in [5.41, 5.74) is 1.52. The normalized spacial score (nSPS) is 17.0. The van der Waals surface area contributed by atoms with E-state index in [4.69, 9.17) is 4.84 Å². The molecule has 1 amide bonds. The number of oxime groups is 1. The molecule has 3 rings (SSSR count). The molecule has 2 aromatic heterocycles. The molecule has 0 saturated heterocycles. The molecule has 0 bridgehead atoms. The van der Waals surface area contributed by atoms with Crippen LogP contribution < -0.4 is 5.32 Å². The van der Waals surface area contributed by atoms with Crippen LogP contribution in [0.4, 0.5) is 0 Å². The van der Waals surface area contributed by atoms with Crippen LogP contribution in [0.25, 0.3) is 5.82 Å². The van der Waals surface area contributed by atoms with Gasteiger partial charge in [0, 0.05) is 12.6 Å². The van der Waals surface area contributed by atoms with Crippen molar-refractivity contribution in [1.82, 2.24) is 25.1 Å². The molecule has 0 unspecified atom stereocenters. The van der Waals surface area contributed by atoms with Gasteiger partial charge in [0.25, 0.3) is 5.91 Å². The Bertz CT molecular complexity index is 665. The molecule has 0 radical (unpaired) electrons. The smallest absolute Gasteiger partial charge is 0.252 e. The quantitative estimate of drug-likeness (QED) is 0.887. The third kappa shape index (κ3) is 3.11. The zero-order chi connectivity index (χ0) is 15.4. The number of nitrogens with zero attached hydrogens (tertiary/aromatic N) is 5. The van der Waals surface area contributed by atoms with E-state index in [2.05, 4.69) is 25.7 Å². The van der Waals surface area contributed by atoms with Crippen LogP contribution in [0.1, 0.15) is 30.1 Å². The van der Waals surface area contributed by atoms with Crippen LogP contribution in [0.5, 0.6) is 0 Å². The molecule has 8 nitrogen and oxygen atoms in total. The Morgan fingerprint density at radius 1 is 1.41 bits per heavy atom. The summed E-state index contributed by atoms with van der Waals surface area (Å²) in [5.74, 6) is 0.470. The second-order valence-electron chi connectivity index (χ2n) is 4.93. The van der Waals surface area contributed by atoms with Crippen LogP contribution in [0.2, 0.25) is 0 Å². The van der Waals surface area contributed by atoms with Crippen molar-refractivity contribution in [3.63, 3.8) is 0 Å². The van der Waals surface area contributed by atoms with Crippen molar-refractivity contribution in [3.8, 4) is 5.82 Å². The number of hydrogen-bond acceptors (Lipinski definition) is 6. The fourth-order valence-corrected chi connectivity index (χ4v) is 2.11. The van der Waals surface area contributed by atoms with E-state index in [1.54, 1.807) is 29.4 Å². The highest BCUT2D eigenvalue weighted by Gasteiger charge is 2.20. The lowest BCUT2D eigenvalue weighted by Gasteiger charge is -2.10. The minimum absolute atomic E-state index is 0.0804. The molecule has 2 aromatic rings. The first-order valence-corrected chi connectivity index (χ1v) is 7.07. The van der Waals surface area contributed by atoms with Crippen molar-refractivity contribution in [3.05, 3.63) is 36.5 Å². The van der Waals surface area contributed by atoms with Gasteiger partial charge in [0.1, 0.15) is 24.6 Å². The van der Waals surface area contributed by atoms with Gasteiger partial charge in [-0.2, -0.15) is 0 Å². The van der Waals surface area contributed by atoms with Crippen LogP contribution in [0.3, 0.4) is 0 Å². The van der Waals surface area contributed by atoms with Gasteiger partial charge in [0.05, 0.1) is 17.8 Å². The fraction of sp³-hybridized carbons (Fsp3) is 0.357. The molecular weight excluding hydrogens is 284 g/mol. The van der Waals surface area contributed by atoms with Gasteiger partial charge in [-0.05, 0) is 18.6 Å². The minimum atomic E-state index is -0.184. The maximum absolute atomic E-state index is 12.1. The van der Waals surface area contributed by atoms with E-state index in [0.29, 0.717) is 17.9 Å². The first-order chi connectivity index (χ1) is 10.8. The molecule has 22 heavy (non-hydrogen) atoms. The topological polar surface area (TPSA) is 94.3 Å². The molecule has 0 aliphatic carbocycles. The summed E-state index contributed by atoms with van der Waals surface area (Å²) in [6.07, 6.45) is 6.17. The standard InChI is InChI=1S/C14H16N6O2/c1-2-11-5-12(22-19-11)7-16-14(21)10-3-4-13(15-6-10)20-8-17-18-9-20/h3-4,6,8-9,12H,2,5,7H2,1H3,(H,16,21)/t12-/m0/s1. The lowest BCUT2D eigenvalue weighted by Crippen LogP contribution is -2.32. The SMILES string of the molecule is CCC1=NO[C@H](CNC(=O)c2ccc(-n3cnnc3)nc2)C1. The first kappa shape index (κ1) is 14.2. The highest BCUT2D eigenvalue weighted by molar-refractivity contribution is 5.94. The maximum Gasteiger partial charge on any atom is 0.252 e. The van der Waals surface area contributed by atoms with Gasteiger partial charge in [-0.1, -0.05) is 12.1 Å². The molecular formula is C14H16N6O2. The number of amides is 1. The second kappa shape index (κ2) is 6.33. The van der Waals surface area contributed by atoms with E-state index in [9.17, 15) is 4.79 Å². The third-order valence-electron chi connectivity index (χ3n) is 3.39. The highest BCUT2D eigenvalue weighted by Crippen LogP contribution is 2.12. The lowest BCUT2D eigenvalue weighted by molar-refractivity contribution is 0.0753. The molecule has 0 spiro atoms. The predicted octanol–water partition coefficient (Wildman–Crippen LogP) is 0.947. The van der Waals surface area contributed by atoms with E-state index >= 15 is 0 Å². The number of pyridine rings is 1. The van der Waals surface area contributed by atoms with Gasteiger partial charge in [-0.25, -0.2) is 4.98 Å². The summed E-state index contributed by atoms with van der Waals surface area (Å²) in [6, 6.07) is 3.45. The highest BCUT2D eigenvalue weighted by atomic mass is 16.6. The Kier molecular flexibility index (Phi) is 4.08. The van der Waals surface area contributed by atoms with Crippen molar-refractivity contribution in [2.75, 3.05) is 6.54 Å². The lowest BCUT2D eigenvalue weighted by atomic mass is 10.1. The largest absolute Gasteiger partial charge is 0.390 e. The van der Waals surface area contributed by atoms with Crippen molar-refractivity contribution >= 4 is 11.6 Å². The van der Waals surface area contributed by atoms with Crippen molar-refractivity contribution in [1.29, 1.82) is 0 Å². The summed E-state index contributed by atoms with van der Waals surface area (Å²) in [5, 5.41) is 14.2. The Morgan fingerprint density at radius 2 is 2.23 bits per heavy atom. The number of aromatic nitrogens is 4. The van der Waals surface area contributed by atoms with Crippen LogP contribution in [-0.4, -0.2) is 44.0 Å². The van der Waals surface area contributed by atoms with Gasteiger partial charge in [-0.15, -0.1) is 10.2 Å². The maximum atomic E-state index is 12.1. The van der Waals surface area contributed by atoms with Gasteiger partial charge >= 0.3 is 0 Å². The van der Waals surface area contributed by atoms with Gasteiger partial charge in [0.15, 0.2) is 0 Å². The Labute approximate surface area is 127 Å². The van der Waals surface area contributed by atoms with Gasteiger partial charge in [0.2, 0.25) is 0 Å². The van der Waals surface area contributed by atoms with Gasteiger partial charge < -0.3 is 10.2 Å². The predicted molar refractivity (Wildman–Crippen MR) is 78.7 cm³/mol. The van der Waals surface area contributed by atoms with Crippen LogP contribution in [0.15, 0.2) is 36.1 Å². The number of carbonyl (C=O) groups is 1. The zero-order valence-corrected chi connectivity index (χ0v) is 12.1. The summed E-state index contributed by atoms with van der Waals surface area (Å²) < 4.78 is 1.66. The minimum Gasteiger partial charge on any atom is -0.390 e. The Morgan fingerprint density at radius 3 is 2.86 bits per heavy atom. The van der Waals surface area contributed by atoms with Crippen LogP contribution >= 0.6 is 0 Å². The summed E-state index contributed by atoms with van der Waals surface area (Å²) >= 11 is 0. The number of hydrogen-bond donors (Lipinski definition) is 1. The molecule has 114 valence electrons. The average Bonchev–Trinajstić information content (AvgIpc) is 3.24.